The van der Waals surface area contributed by atoms with Crippen LogP contribution in [0.4, 0.5) is 4.79 Å². The van der Waals surface area contributed by atoms with E-state index in [0.717, 1.165) is 29.7 Å². The minimum atomic E-state index is -0.513. The number of amides is 3. The Balaban J connectivity index is 1.54. The first-order chi connectivity index (χ1) is 12.5. The number of aromatic nitrogens is 2. The zero-order chi connectivity index (χ0) is 18.7. The fourth-order valence-electron chi connectivity index (χ4n) is 3.35. The zero-order valence-corrected chi connectivity index (χ0v) is 15.7. The molecule has 0 bridgehead atoms. The van der Waals surface area contributed by atoms with Crippen molar-refractivity contribution in [1.29, 1.82) is 0 Å². The van der Waals surface area contributed by atoms with Crippen LogP contribution in [-0.2, 0) is 4.79 Å². The number of para-hydroxylation sites is 2. The van der Waals surface area contributed by atoms with E-state index in [2.05, 4.69) is 15.3 Å². The van der Waals surface area contributed by atoms with Crippen LogP contribution in [-0.4, -0.2) is 64.4 Å². The molecular weight excluding hydrogens is 330 g/mol. The van der Waals surface area contributed by atoms with Crippen molar-refractivity contribution < 1.29 is 9.59 Å². The number of H-pyrrole nitrogens is 1. The molecule has 1 atom stereocenters. The molecule has 1 saturated heterocycles. The number of benzene rings is 1. The van der Waals surface area contributed by atoms with Gasteiger partial charge in [0, 0.05) is 32.6 Å². The van der Waals surface area contributed by atoms with Crippen LogP contribution in [0.2, 0.25) is 0 Å². The summed E-state index contributed by atoms with van der Waals surface area (Å²) in [5.74, 6) is 1.26. The van der Waals surface area contributed by atoms with E-state index in [0.29, 0.717) is 25.6 Å². The van der Waals surface area contributed by atoms with Crippen molar-refractivity contribution in [3.63, 3.8) is 0 Å². The highest BCUT2D eigenvalue weighted by Crippen LogP contribution is 2.27. The van der Waals surface area contributed by atoms with Gasteiger partial charge in [0.25, 0.3) is 0 Å². The maximum atomic E-state index is 12.4. The smallest absolute Gasteiger partial charge is 0.318 e. The Hall–Kier alpha value is -2.57. The Morgan fingerprint density at radius 3 is 2.69 bits per heavy atom. The molecular formula is C19H27N5O2. The van der Waals surface area contributed by atoms with Crippen LogP contribution in [0.25, 0.3) is 11.0 Å². The van der Waals surface area contributed by atoms with Gasteiger partial charge in [-0.1, -0.05) is 12.1 Å². The molecule has 1 fully saturated rings. The third-order valence-electron chi connectivity index (χ3n) is 5.14. The summed E-state index contributed by atoms with van der Waals surface area (Å²) in [6.45, 7) is 5.60. The van der Waals surface area contributed by atoms with E-state index in [4.69, 9.17) is 0 Å². The average molecular weight is 357 g/mol. The van der Waals surface area contributed by atoms with Crippen molar-refractivity contribution in [1.82, 2.24) is 25.1 Å². The number of likely N-dealkylation sites (N-methyl/N-ethyl adjacent to an activating group) is 1. The number of carbonyl (C=O) groups excluding carboxylic acids is 2. The van der Waals surface area contributed by atoms with Crippen LogP contribution in [0.15, 0.2) is 24.3 Å². The molecule has 2 N–H and O–H groups in total. The number of hydrogen-bond acceptors (Lipinski definition) is 3. The minimum Gasteiger partial charge on any atom is -0.344 e. The first-order valence-corrected chi connectivity index (χ1v) is 9.24. The minimum absolute atomic E-state index is 0.0713. The van der Waals surface area contributed by atoms with E-state index < -0.39 is 6.04 Å². The van der Waals surface area contributed by atoms with Crippen molar-refractivity contribution in [2.24, 2.45) is 0 Å². The molecule has 1 aromatic heterocycles. The third kappa shape index (κ3) is 3.81. The largest absolute Gasteiger partial charge is 0.344 e. The van der Waals surface area contributed by atoms with Crippen LogP contribution in [0, 0.1) is 0 Å². The lowest BCUT2D eigenvalue weighted by atomic mass is 9.96. The van der Waals surface area contributed by atoms with Gasteiger partial charge < -0.3 is 20.1 Å². The predicted molar refractivity (Wildman–Crippen MR) is 101 cm³/mol. The predicted octanol–water partition coefficient (Wildman–Crippen LogP) is 2.32. The molecule has 140 valence electrons. The number of piperidine rings is 1. The molecule has 1 unspecified atom stereocenters. The van der Waals surface area contributed by atoms with Gasteiger partial charge in [-0.15, -0.1) is 0 Å². The summed E-state index contributed by atoms with van der Waals surface area (Å²) in [5.41, 5.74) is 2.03. The molecule has 1 aliphatic rings. The second-order valence-corrected chi connectivity index (χ2v) is 6.92. The van der Waals surface area contributed by atoms with Crippen molar-refractivity contribution in [3.8, 4) is 0 Å². The second kappa shape index (κ2) is 7.76. The normalized spacial score (nSPS) is 16.5. The fraction of sp³-hybridized carbons (Fsp3) is 0.526. The van der Waals surface area contributed by atoms with Crippen molar-refractivity contribution >= 4 is 23.0 Å². The van der Waals surface area contributed by atoms with Crippen molar-refractivity contribution in [2.45, 2.75) is 38.6 Å². The van der Waals surface area contributed by atoms with Crippen LogP contribution in [0.5, 0.6) is 0 Å². The van der Waals surface area contributed by atoms with E-state index in [1.54, 1.807) is 23.8 Å². The highest BCUT2D eigenvalue weighted by Gasteiger charge is 2.27. The lowest BCUT2D eigenvalue weighted by Crippen LogP contribution is -2.51. The van der Waals surface area contributed by atoms with Gasteiger partial charge in [-0.25, -0.2) is 9.78 Å². The van der Waals surface area contributed by atoms with Crippen LogP contribution < -0.4 is 5.32 Å². The van der Waals surface area contributed by atoms with Crippen LogP contribution >= 0.6 is 0 Å². The van der Waals surface area contributed by atoms with Crippen molar-refractivity contribution in [2.75, 3.05) is 26.7 Å². The Labute approximate surface area is 153 Å². The number of likely N-dealkylation sites (tertiary alicyclic amines) is 1. The van der Waals surface area contributed by atoms with E-state index in [-0.39, 0.29) is 11.9 Å². The molecule has 3 rings (SSSR count). The van der Waals surface area contributed by atoms with Gasteiger partial charge in [-0.05, 0) is 38.8 Å². The van der Waals surface area contributed by atoms with Gasteiger partial charge in [0.1, 0.15) is 11.9 Å². The second-order valence-electron chi connectivity index (χ2n) is 6.92. The van der Waals surface area contributed by atoms with Crippen molar-refractivity contribution in [3.05, 3.63) is 30.1 Å². The number of fused-ring (bicyclic) bond motifs is 1. The Kier molecular flexibility index (Phi) is 5.44. The van der Waals surface area contributed by atoms with E-state index in [9.17, 15) is 9.59 Å². The number of hydrogen-bond donors (Lipinski definition) is 2. The molecule has 2 heterocycles. The molecule has 0 spiro atoms. The van der Waals surface area contributed by atoms with E-state index in [1.165, 1.54) is 0 Å². The van der Waals surface area contributed by atoms with Crippen LogP contribution in [0.3, 0.4) is 0 Å². The Morgan fingerprint density at radius 2 is 2.04 bits per heavy atom. The van der Waals surface area contributed by atoms with Gasteiger partial charge >= 0.3 is 6.03 Å². The lowest BCUT2D eigenvalue weighted by molar-refractivity contribution is -0.131. The van der Waals surface area contributed by atoms with Gasteiger partial charge in [-0.3, -0.25) is 4.79 Å². The zero-order valence-electron chi connectivity index (χ0n) is 15.7. The topological polar surface area (TPSA) is 81.3 Å². The summed E-state index contributed by atoms with van der Waals surface area (Å²) in [4.78, 5) is 36.0. The third-order valence-corrected chi connectivity index (χ3v) is 5.14. The number of imidazole rings is 1. The molecule has 0 saturated carbocycles. The highest BCUT2D eigenvalue weighted by atomic mass is 16.2. The molecule has 7 nitrogen and oxygen atoms in total. The molecule has 26 heavy (non-hydrogen) atoms. The quantitative estimate of drug-likeness (QED) is 0.881. The number of carbonyl (C=O) groups is 2. The first kappa shape index (κ1) is 18.2. The summed E-state index contributed by atoms with van der Waals surface area (Å²) in [7, 11) is 1.74. The highest BCUT2D eigenvalue weighted by molar-refractivity contribution is 5.86. The standard InChI is InChI=1S/C19H27N5O2/c1-4-23(3)18(25)13(2)20-19(26)24-11-9-14(10-12-24)17-21-15-7-5-6-8-16(15)22-17/h5-8,13-14H,4,9-12H2,1-3H3,(H,20,26)(H,21,22). The number of nitrogens with zero attached hydrogens (tertiary/aromatic N) is 3. The first-order valence-electron chi connectivity index (χ1n) is 9.24. The van der Waals surface area contributed by atoms with E-state index >= 15 is 0 Å². The molecule has 1 aromatic carbocycles. The molecule has 0 radical (unpaired) electrons. The summed E-state index contributed by atoms with van der Waals surface area (Å²) >= 11 is 0. The summed E-state index contributed by atoms with van der Waals surface area (Å²) in [5, 5.41) is 2.81. The number of aromatic amines is 1. The van der Waals surface area contributed by atoms with Gasteiger partial charge in [0.15, 0.2) is 0 Å². The SMILES string of the molecule is CCN(C)C(=O)C(C)NC(=O)N1CCC(c2nc3ccccc3[nH]2)CC1. The molecule has 0 aliphatic carbocycles. The number of nitrogens with one attached hydrogen (secondary N) is 2. The maximum absolute atomic E-state index is 12.4. The Morgan fingerprint density at radius 1 is 1.35 bits per heavy atom. The summed E-state index contributed by atoms with van der Waals surface area (Å²) in [6, 6.07) is 7.33. The van der Waals surface area contributed by atoms with Gasteiger partial charge in [0.05, 0.1) is 11.0 Å². The van der Waals surface area contributed by atoms with Crippen LogP contribution in [0.1, 0.15) is 38.4 Å². The monoisotopic (exact) mass is 357 g/mol. The van der Waals surface area contributed by atoms with Gasteiger partial charge in [0.2, 0.25) is 5.91 Å². The molecule has 3 amide bonds. The fourth-order valence-corrected chi connectivity index (χ4v) is 3.35. The van der Waals surface area contributed by atoms with Gasteiger partial charge in [-0.2, -0.15) is 0 Å². The number of urea groups is 1. The average Bonchev–Trinajstić information content (AvgIpc) is 3.11. The maximum Gasteiger partial charge on any atom is 0.318 e. The lowest BCUT2D eigenvalue weighted by Gasteiger charge is -2.32. The van der Waals surface area contributed by atoms with E-state index in [1.807, 2.05) is 31.2 Å². The summed E-state index contributed by atoms with van der Waals surface area (Å²) in [6.07, 6.45) is 1.73. The molecule has 7 heteroatoms. The molecule has 1 aliphatic heterocycles. The number of rotatable bonds is 4. The Bertz CT molecular complexity index is 746. The summed E-state index contributed by atoms with van der Waals surface area (Å²) < 4.78 is 0. The molecule has 2 aromatic rings.